The van der Waals surface area contributed by atoms with Gasteiger partial charge in [0.15, 0.2) is 0 Å². The van der Waals surface area contributed by atoms with E-state index in [4.69, 9.17) is 19.7 Å². The lowest BCUT2D eigenvalue weighted by Gasteiger charge is -2.18. The molecule has 3 aromatic rings. The molecule has 0 saturated heterocycles. The van der Waals surface area contributed by atoms with Gasteiger partial charge < -0.3 is 19.7 Å². The van der Waals surface area contributed by atoms with Crippen LogP contribution < -0.4 is 9.80 Å². The lowest BCUT2D eigenvalue weighted by atomic mass is 10.1. The Kier molecular flexibility index (Phi) is 6.94. The maximum Gasteiger partial charge on any atom is 0.338 e. The normalized spacial score (nSPS) is 13.9. The van der Waals surface area contributed by atoms with Crippen molar-refractivity contribution >= 4 is 46.9 Å². The Morgan fingerprint density at radius 3 is 1.38 bits per heavy atom. The summed E-state index contributed by atoms with van der Waals surface area (Å²) in [5.41, 5.74) is 0.247. The maximum absolute atomic E-state index is 13.2. The first-order chi connectivity index (χ1) is 19.3. The highest BCUT2D eigenvalue weighted by Gasteiger charge is 2.40. The minimum absolute atomic E-state index is 0.0228. The van der Waals surface area contributed by atoms with Crippen LogP contribution in [-0.4, -0.2) is 72.2 Å². The van der Waals surface area contributed by atoms with E-state index < -0.39 is 35.6 Å². The molecule has 0 aromatic heterocycles. The van der Waals surface area contributed by atoms with Gasteiger partial charge >= 0.3 is 11.9 Å². The van der Waals surface area contributed by atoms with Crippen molar-refractivity contribution in [2.24, 2.45) is 0 Å². The molecular weight excluding hydrogens is 524 g/mol. The van der Waals surface area contributed by atoms with Gasteiger partial charge in [0.2, 0.25) is 0 Å². The number of hydrogen-bond donors (Lipinski definition) is 2. The summed E-state index contributed by atoms with van der Waals surface area (Å²) in [5.74, 6) is -4.31. The average Bonchev–Trinajstić information content (AvgIpc) is 3.37. The lowest BCUT2D eigenvalue weighted by molar-refractivity contribution is 0.0427. The monoisotopic (exact) mass is 544 g/mol. The van der Waals surface area contributed by atoms with Crippen molar-refractivity contribution in [2.45, 2.75) is 0 Å². The summed E-state index contributed by atoms with van der Waals surface area (Å²) in [7, 11) is 0. The minimum atomic E-state index is -0.770. The summed E-state index contributed by atoms with van der Waals surface area (Å²) in [4.78, 5) is 78.7. The predicted octanol–water partition coefficient (Wildman–Crippen LogP) is 1.59. The number of aliphatic hydroxyl groups excluding tert-OH is 2. The molecule has 2 N–H and O–H groups in total. The third-order valence-corrected chi connectivity index (χ3v) is 6.24. The fraction of sp³-hybridized carbons (Fsp3) is 0.143. The van der Waals surface area contributed by atoms with Crippen molar-refractivity contribution in [3.05, 3.63) is 94.0 Å². The standard InChI is InChI=1S/C28H20N2O10/c31-8-10-39-27(37)15-4-6-19-21(12-15)25(35)29(23(19)33)17-2-1-3-18(14-17)30-24(34)20-7-5-16(13-22(20)26(30)36)28(38)40-11-9-32/h1-7,12-14,31-32H,8-11H2. The number of aliphatic hydroxyl groups is 2. The Balaban J connectivity index is 1.43. The third kappa shape index (κ3) is 4.40. The van der Waals surface area contributed by atoms with E-state index in [0.29, 0.717) is 0 Å². The smallest absolute Gasteiger partial charge is 0.338 e. The first kappa shape index (κ1) is 26.4. The number of esters is 2. The number of amides is 4. The van der Waals surface area contributed by atoms with Gasteiger partial charge in [0, 0.05) is 0 Å². The zero-order chi connectivity index (χ0) is 28.6. The lowest BCUT2D eigenvalue weighted by Crippen LogP contribution is -2.31. The van der Waals surface area contributed by atoms with Gasteiger partial charge in [-0.15, -0.1) is 0 Å². The largest absolute Gasteiger partial charge is 0.460 e. The fourth-order valence-corrected chi connectivity index (χ4v) is 4.42. The van der Waals surface area contributed by atoms with Crippen molar-refractivity contribution in [2.75, 3.05) is 36.2 Å². The molecule has 5 rings (SSSR count). The highest BCUT2D eigenvalue weighted by Crippen LogP contribution is 2.34. The van der Waals surface area contributed by atoms with Crippen molar-refractivity contribution < 1.29 is 48.5 Å². The number of carbonyl (C=O) groups is 6. The molecule has 202 valence electrons. The van der Waals surface area contributed by atoms with E-state index in [1.54, 1.807) is 0 Å². The van der Waals surface area contributed by atoms with Gasteiger partial charge in [0.25, 0.3) is 23.6 Å². The molecule has 4 amide bonds. The SMILES string of the molecule is O=C(OCCO)c1ccc2c(c1)C(=O)N(c1cccc(N3C(=O)c4ccc(C(=O)OCCO)cc4C3=O)c1)C2=O. The number of carbonyl (C=O) groups excluding carboxylic acids is 6. The first-order valence-corrected chi connectivity index (χ1v) is 12.0. The van der Waals surface area contributed by atoms with Gasteiger partial charge in [-0.2, -0.15) is 0 Å². The second-order valence-electron chi connectivity index (χ2n) is 8.65. The molecule has 0 spiro atoms. The molecule has 12 nitrogen and oxygen atoms in total. The molecule has 0 unspecified atom stereocenters. The van der Waals surface area contributed by atoms with Gasteiger partial charge in [-0.3, -0.25) is 19.2 Å². The third-order valence-electron chi connectivity index (χ3n) is 6.24. The summed E-state index contributed by atoms with van der Waals surface area (Å²) >= 11 is 0. The molecule has 2 aliphatic heterocycles. The Hall–Kier alpha value is -5.20. The molecule has 0 aliphatic carbocycles. The van der Waals surface area contributed by atoms with E-state index in [2.05, 4.69) is 0 Å². The second-order valence-corrected chi connectivity index (χ2v) is 8.65. The van der Waals surface area contributed by atoms with Crippen LogP contribution in [0.15, 0.2) is 60.7 Å². The number of ether oxygens (including phenoxy) is 2. The van der Waals surface area contributed by atoms with E-state index in [9.17, 15) is 28.8 Å². The molecule has 3 aromatic carbocycles. The second kappa shape index (κ2) is 10.5. The molecule has 2 aliphatic rings. The van der Waals surface area contributed by atoms with Crippen LogP contribution in [-0.2, 0) is 9.47 Å². The Labute approximate surface area is 225 Å². The van der Waals surface area contributed by atoms with Crippen LogP contribution in [0.3, 0.4) is 0 Å². The van der Waals surface area contributed by atoms with Crippen LogP contribution in [0.2, 0.25) is 0 Å². The van der Waals surface area contributed by atoms with E-state index in [1.807, 2.05) is 0 Å². The number of nitrogens with zero attached hydrogens (tertiary/aromatic N) is 2. The molecule has 2 heterocycles. The molecular formula is C28H20N2O10. The molecule has 0 saturated carbocycles. The summed E-state index contributed by atoms with van der Waals surface area (Å²) in [5, 5.41) is 17.7. The predicted molar refractivity (Wildman–Crippen MR) is 136 cm³/mol. The van der Waals surface area contributed by atoms with Crippen LogP contribution in [0.1, 0.15) is 62.1 Å². The summed E-state index contributed by atoms with van der Waals surface area (Å²) < 4.78 is 9.73. The van der Waals surface area contributed by atoms with Crippen molar-refractivity contribution in [1.29, 1.82) is 0 Å². The first-order valence-electron chi connectivity index (χ1n) is 12.0. The van der Waals surface area contributed by atoms with E-state index >= 15 is 0 Å². The van der Waals surface area contributed by atoms with Crippen LogP contribution in [0.5, 0.6) is 0 Å². The Bertz CT molecular complexity index is 1500. The molecule has 0 fully saturated rings. The highest BCUT2D eigenvalue weighted by molar-refractivity contribution is 6.36. The zero-order valence-corrected chi connectivity index (χ0v) is 20.7. The number of benzene rings is 3. The van der Waals surface area contributed by atoms with Gasteiger partial charge in [-0.05, 0) is 54.6 Å². The number of fused-ring (bicyclic) bond motifs is 2. The van der Waals surface area contributed by atoms with Crippen LogP contribution in [0.4, 0.5) is 11.4 Å². The van der Waals surface area contributed by atoms with E-state index in [1.165, 1.54) is 60.7 Å². The van der Waals surface area contributed by atoms with E-state index in [-0.39, 0.29) is 71.2 Å². The van der Waals surface area contributed by atoms with Crippen LogP contribution >= 0.6 is 0 Å². The summed E-state index contributed by atoms with van der Waals surface area (Å²) in [6, 6.07) is 13.5. The molecule has 0 radical (unpaired) electrons. The Morgan fingerprint density at radius 1 is 0.575 bits per heavy atom. The topological polar surface area (TPSA) is 168 Å². The van der Waals surface area contributed by atoms with Crippen LogP contribution in [0.25, 0.3) is 0 Å². The van der Waals surface area contributed by atoms with Crippen LogP contribution in [0, 0.1) is 0 Å². The number of imide groups is 2. The van der Waals surface area contributed by atoms with Gasteiger partial charge in [-0.25, -0.2) is 19.4 Å². The quantitative estimate of drug-likeness (QED) is 0.314. The molecule has 0 atom stereocenters. The zero-order valence-electron chi connectivity index (χ0n) is 20.7. The highest BCUT2D eigenvalue weighted by atomic mass is 16.5. The summed E-state index contributed by atoms with van der Waals surface area (Å²) in [6.07, 6.45) is 0. The van der Waals surface area contributed by atoms with Crippen molar-refractivity contribution in [3.63, 3.8) is 0 Å². The molecule has 0 bridgehead atoms. The minimum Gasteiger partial charge on any atom is -0.460 e. The number of anilines is 2. The Morgan fingerprint density at radius 2 is 0.975 bits per heavy atom. The average molecular weight is 544 g/mol. The van der Waals surface area contributed by atoms with Crippen molar-refractivity contribution in [1.82, 2.24) is 0 Å². The number of hydrogen-bond acceptors (Lipinski definition) is 10. The maximum atomic E-state index is 13.2. The molecule has 12 heteroatoms. The van der Waals surface area contributed by atoms with Crippen molar-refractivity contribution in [3.8, 4) is 0 Å². The fourth-order valence-electron chi connectivity index (χ4n) is 4.42. The summed E-state index contributed by atoms with van der Waals surface area (Å²) in [6.45, 7) is -1.20. The van der Waals surface area contributed by atoms with Gasteiger partial charge in [0.05, 0.1) is 58.0 Å². The number of rotatable bonds is 8. The molecule has 40 heavy (non-hydrogen) atoms. The van der Waals surface area contributed by atoms with E-state index in [0.717, 1.165) is 9.80 Å². The van der Waals surface area contributed by atoms with Gasteiger partial charge in [0.1, 0.15) is 13.2 Å². The van der Waals surface area contributed by atoms with Gasteiger partial charge in [-0.1, -0.05) is 6.07 Å².